The van der Waals surface area contributed by atoms with Crippen molar-refractivity contribution in [2.75, 3.05) is 89.0 Å². The summed E-state index contributed by atoms with van der Waals surface area (Å²) in [6, 6.07) is 6.09. The molecule has 1 saturated carbocycles. The number of halogens is 3. The Morgan fingerprint density at radius 3 is 2.38 bits per heavy atom. The third-order valence-electron chi connectivity index (χ3n) is 13.2. The number of ether oxygens (including phenoxy) is 2. The summed E-state index contributed by atoms with van der Waals surface area (Å²) in [6.45, 7) is 12.6. The predicted octanol–water partition coefficient (Wildman–Crippen LogP) is 6.85. The van der Waals surface area contributed by atoms with Gasteiger partial charge in [-0.1, -0.05) is 12.6 Å². The fraction of sp³-hybridized carbons (Fsp3) is 0.571. The molecule has 1 amide bonds. The van der Waals surface area contributed by atoms with Gasteiger partial charge < -0.3 is 29.1 Å². The Labute approximate surface area is 325 Å². The van der Waals surface area contributed by atoms with Gasteiger partial charge in [0.25, 0.3) is 0 Å². The minimum atomic E-state index is -4.55. The molecule has 0 bridgehead atoms. The third kappa shape index (κ3) is 6.86. The molecule has 2 aromatic heterocycles. The average molecular weight is 773 g/mol. The van der Waals surface area contributed by atoms with Crippen LogP contribution in [0.15, 0.2) is 37.1 Å². The highest BCUT2D eigenvalue weighted by molar-refractivity contribution is 6.06. The molecule has 2 spiro atoms. The number of methoxy groups -OCH3 is 1. The maximum Gasteiger partial charge on any atom is 0.422 e. The zero-order valence-electron chi connectivity index (χ0n) is 32.4. The van der Waals surface area contributed by atoms with Crippen molar-refractivity contribution in [2.45, 2.75) is 64.0 Å². The molecule has 1 aliphatic carbocycles. The van der Waals surface area contributed by atoms with Crippen LogP contribution in [0.25, 0.3) is 32.9 Å². The van der Waals surface area contributed by atoms with E-state index < -0.39 is 12.8 Å². The highest BCUT2D eigenvalue weighted by Gasteiger charge is 2.48. The first-order valence-corrected chi connectivity index (χ1v) is 20.1. The van der Waals surface area contributed by atoms with Crippen molar-refractivity contribution >= 4 is 39.5 Å². The van der Waals surface area contributed by atoms with Crippen LogP contribution < -0.4 is 14.5 Å². The zero-order chi connectivity index (χ0) is 38.8. The number of aromatic nitrogens is 4. The number of hydrogen-bond acceptors (Lipinski definition) is 9. The van der Waals surface area contributed by atoms with Crippen LogP contribution >= 0.6 is 0 Å². The number of aryl methyl sites for hydroxylation is 1. The third-order valence-corrected chi connectivity index (χ3v) is 13.2. The van der Waals surface area contributed by atoms with Gasteiger partial charge in [0, 0.05) is 86.7 Å². The molecule has 2 aromatic carbocycles. The number of aromatic amines is 1. The van der Waals surface area contributed by atoms with Crippen molar-refractivity contribution in [1.29, 1.82) is 0 Å². The molecule has 9 rings (SSSR count). The van der Waals surface area contributed by atoms with E-state index in [-0.39, 0.29) is 28.4 Å². The number of likely N-dealkylation sites (tertiary alicyclic amines) is 2. The first kappa shape index (κ1) is 37.2. The van der Waals surface area contributed by atoms with Crippen LogP contribution in [0.4, 0.5) is 24.9 Å². The van der Waals surface area contributed by atoms with Crippen LogP contribution in [0.5, 0.6) is 5.75 Å². The smallest absolute Gasteiger partial charge is 0.422 e. The van der Waals surface area contributed by atoms with Crippen LogP contribution in [0.2, 0.25) is 0 Å². The largest absolute Gasteiger partial charge is 0.481 e. The highest BCUT2D eigenvalue weighted by Crippen LogP contribution is 2.54. The molecule has 4 aliphatic heterocycles. The number of fused-ring (bicyclic) bond motifs is 2. The van der Waals surface area contributed by atoms with Crippen LogP contribution in [0.3, 0.4) is 0 Å². The summed E-state index contributed by atoms with van der Waals surface area (Å²) >= 11 is 0. The minimum absolute atomic E-state index is 0.0373. The van der Waals surface area contributed by atoms with Gasteiger partial charge in [-0.25, -0.2) is 4.98 Å². The Morgan fingerprint density at radius 2 is 1.70 bits per heavy atom. The second-order valence-corrected chi connectivity index (χ2v) is 17.1. The number of anilines is 2. The minimum Gasteiger partial charge on any atom is -0.481 e. The molecule has 0 atom stereocenters. The Hall–Kier alpha value is -4.43. The highest BCUT2D eigenvalue weighted by atomic mass is 19.4. The summed E-state index contributed by atoms with van der Waals surface area (Å²) in [5.74, 6) is 1.59. The quantitative estimate of drug-likeness (QED) is 0.130. The molecule has 6 heterocycles. The zero-order valence-corrected chi connectivity index (χ0v) is 32.4. The van der Waals surface area contributed by atoms with Crippen molar-refractivity contribution < 1.29 is 27.4 Å². The molecule has 4 aromatic rings. The van der Waals surface area contributed by atoms with Crippen molar-refractivity contribution in [3.8, 4) is 16.9 Å². The standard InChI is InChI=1S/C42H51F3N8O3/c1-4-33(54)52-22-41(23-52)12-17-51(18-13-41)38-30-20-29(28-7-8-28)35(34-27(2)6-9-32-31(34)21-46-49-32)37(56-26-42(43,44)45)36(30)47-39(48-38)53-24-40(25-53)10-15-50(16-11-40)14-5-19-55-3/h4,6,9,20-21,28H,1,5,7-8,10-19,22-26H2,2-3H3,(H,46,49). The Balaban J connectivity index is 1.13. The summed E-state index contributed by atoms with van der Waals surface area (Å²) in [5.41, 5.74) is 4.82. The Kier molecular flexibility index (Phi) is 9.42. The molecule has 5 fully saturated rings. The SMILES string of the molecule is C=CC(=O)N1CC2(CCN(c3nc(N4CC5(CCN(CCCOC)CC5)C4)nc4c(OCC(F)(F)F)c(-c5c(C)ccc6[nH]ncc56)c(C5CC5)cc34)CC2)C1. The van der Waals surface area contributed by atoms with E-state index in [0.717, 1.165) is 136 Å². The molecule has 298 valence electrons. The van der Waals surface area contributed by atoms with Gasteiger partial charge >= 0.3 is 6.18 Å². The maximum atomic E-state index is 14.2. The Bertz CT molecular complexity index is 2130. The van der Waals surface area contributed by atoms with Crippen LogP contribution in [0.1, 0.15) is 62.0 Å². The number of nitrogens with one attached hydrogen (secondary N) is 1. The predicted molar refractivity (Wildman–Crippen MR) is 210 cm³/mol. The van der Waals surface area contributed by atoms with E-state index in [1.54, 1.807) is 13.3 Å². The number of H-pyrrole nitrogens is 1. The second-order valence-electron chi connectivity index (χ2n) is 17.1. The molecule has 4 saturated heterocycles. The van der Waals surface area contributed by atoms with Crippen molar-refractivity contribution in [1.82, 2.24) is 30.0 Å². The molecule has 5 aliphatic rings. The van der Waals surface area contributed by atoms with E-state index in [9.17, 15) is 18.0 Å². The van der Waals surface area contributed by atoms with Gasteiger partial charge in [0.15, 0.2) is 12.4 Å². The van der Waals surface area contributed by atoms with E-state index in [1.165, 1.54) is 6.08 Å². The summed E-state index contributed by atoms with van der Waals surface area (Å²) in [4.78, 5) is 31.7. The number of carbonyl (C=O) groups excluding carboxylic acids is 1. The molecule has 14 heteroatoms. The average Bonchev–Trinajstić information content (AvgIpc) is 3.90. The molecule has 1 N–H and O–H groups in total. The van der Waals surface area contributed by atoms with E-state index in [2.05, 4.69) is 37.5 Å². The van der Waals surface area contributed by atoms with Crippen molar-refractivity contribution in [3.63, 3.8) is 0 Å². The van der Waals surface area contributed by atoms with Gasteiger partial charge in [0.2, 0.25) is 11.9 Å². The Morgan fingerprint density at radius 1 is 0.982 bits per heavy atom. The lowest BCUT2D eigenvalue weighted by Gasteiger charge is -2.54. The van der Waals surface area contributed by atoms with E-state index in [4.69, 9.17) is 19.4 Å². The van der Waals surface area contributed by atoms with Crippen LogP contribution in [0, 0.1) is 17.8 Å². The number of rotatable bonds is 11. The molecule has 0 unspecified atom stereocenters. The summed E-state index contributed by atoms with van der Waals surface area (Å²) in [5, 5.41) is 8.93. The normalized spacial score (nSPS) is 20.8. The number of benzene rings is 2. The number of nitrogens with zero attached hydrogens (tertiary/aromatic N) is 7. The first-order chi connectivity index (χ1) is 27.0. The van der Waals surface area contributed by atoms with Gasteiger partial charge in [-0.3, -0.25) is 9.89 Å². The van der Waals surface area contributed by atoms with E-state index >= 15 is 0 Å². The topological polar surface area (TPSA) is 103 Å². The lowest BCUT2D eigenvalue weighted by molar-refractivity contribution is -0.153. The van der Waals surface area contributed by atoms with Crippen molar-refractivity contribution in [2.24, 2.45) is 10.8 Å². The number of hydrogen-bond donors (Lipinski definition) is 1. The monoisotopic (exact) mass is 772 g/mol. The van der Waals surface area contributed by atoms with E-state index in [0.29, 0.717) is 30.1 Å². The maximum absolute atomic E-state index is 14.2. The lowest BCUT2D eigenvalue weighted by atomic mass is 9.72. The van der Waals surface area contributed by atoms with Gasteiger partial charge in [0.05, 0.1) is 11.7 Å². The molecule has 0 radical (unpaired) electrons. The molecular weight excluding hydrogens is 722 g/mol. The fourth-order valence-corrected chi connectivity index (χ4v) is 9.80. The van der Waals surface area contributed by atoms with Gasteiger partial charge in [-0.05, 0) is 106 Å². The molecule has 56 heavy (non-hydrogen) atoms. The molecule has 11 nitrogen and oxygen atoms in total. The first-order valence-electron chi connectivity index (χ1n) is 20.1. The number of amides is 1. The number of piperidine rings is 2. The lowest BCUT2D eigenvalue weighted by Crippen LogP contribution is -2.62. The van der Waals surface area contributed by atoms with Crippen LogP contribution in [-0.4, -0.2) is 121 Å². The fourth-order valence-electron chi connectivity index (χ4n) is 9.80. The number of carbonyl (C=O) groups is 1. The van der Waals surface area contributed by atoms with Crippen molar-refractivity contribution in [3.05, 3.63) is 48.2 Å². The van der Waals surface area contributed by atoms with Gasteiger partial charge in [-0.15, -0.1) is 0 Å². The number of alkyl halides is 3. The molecular formula is C42H51F3N8O3. The second kappa shape index (κ2) is 14.2. The van der Waals surface area contributed by atoms with Gasteiger partial charge in [0.1, 0.15) is 11.3 Å². The summed E-state index contributed by atoms with van der Waals surface area (Å²) in [7, 11) is 1.74. The van der Waals surface area contributed by atoms with Crippen LogP contribution in [-0.2, 0) is 9.53 Å². The van der Waals surface area contributed by atoms with Gasteiger partial charge in [-0.2, -0.15) is 23.3 Å². The summed E-state index contributed by atoms with van der Waals surface area (Å²) in [6.07, 6.45) is 5.41. The summed E-state index contributed by atoms with van der Waals surface area (Å²) < 4.78 is 53.8. The van der Waals surface area contributed by atoms with E-state index in [1.807, 2.05) is 24.0 Å².